The van der Waals surface area contributed by atoms with Gasteiger partial charge >= 0.3 is 18.0 Å². The average Bonchev–Trinajstić information content (AvgIpc) is 3.47. The molecule has 3 amide bonds. The van der Waals surface area contributed by atoms with Crippen LogP contribution in [-0.2, 0) is 29.3 Å². The Hall–Kier alpha value is -3.18. The second-order valence-corrected chi connectivity index (χ2v) is 11.6. The van der Waals surface area contributed by atoms with Gasteiger partial charge in [0.1, 0.15) is 4.75 Å². The van der Waals surface area contributed by atoms with Gasteiger partial charge in [-0.15, -0.1) is 16.5 Å². The van der Waals surface area contributed by atoms with Crippen molar-refractivity contribution in [3.8, 4) is 11.8 Å². The fraction of sp³-hybridized carbons (Fsp3) is 0.619. The van der Waals surface area contributed by atoms with E-state index in [0.717, 1.165) is 12.8 Å². The lowest BCUT2D eigenvalue weighted by Crippen LogP contribution is -2.56. The zero-order valence-corrected chi connectivity index (χ0v) is 22.1. The van der Waals surface area contributed by atoms with E-state index in [2.05, 4.69) is 16.1 Å². The molecule has 17 heteroatoms. The minimum Gasteiger partial charge on any atom is -0.492 e. The molecule has 15 nitrogen and oxygen atoms in total. The van der Waals surface area contributed by atoms with E-state index in [1.807, 2.05) is 6.92 Å². The molecule has 2 aliphatic rings. The van der Waals surface area contributed by atoms with Gasteiger partial charge in [0.2, 0.25) is 5.88 Å². The molecule has 38 heavy (non-hydrogen) atoms. The van der Waals surface area contributed by atoms with E-state index in [9.17, 15) is 37.8 Å². The predicted octanol–water partition coefficient (Wildman–Crippen LogP) is 0.352. The van der Waals surface area contributed by atoms with Crippen LogP contribution in [0.15, 0.2) is 11.0 Å². The number of hydrogen-bond acceptors (Lipinski definition) is 11. The number of amides is 3. The quantitative estimate of drug-likeness (QED) is 0.0856. The number of rotatable bonds is 12. The molecular formula is C21H30N4O11S2. The van der Waals surface area contributed by atoms with E-state index in [0.29, 0.717) is 24.7 Å². The van der Waals surface area contributed by atoms with E-state index in [1.165, 1.54) is 11.8 Å². The van der Waals surface area contributed by atoms with Crippen LogP contribution < -0.4 is 21.0 Å². The maximum Gasteiger partial charge on any atom is 0.333 e. The van der Waals surface area contributed by atoms with Gasteiger partial charge in [0.05, 0.1) is 12.1 Å². The van der Waals surface area contributed by atoms with Crippen molar-refractivity contribution in [1.82, 2.24) is 20.8 Å². The molecule has 6 N–H and O–H groups in total. The highest BCUT2D eigenvalue weighted by Crippen LogP contribution is 2.44. The summed E-state index contributed by atoms with van der Waals surface area (Å²) < 4.78 is 30.4. The fourth-order valence-electron chi connectivity index (χ4n) is 4.28. The van der Waals surface area contributed by atoms with Crippen LogP contribution in [0.3, 0.4) is 0 Å². The first-order valence-electron chi connectivity index (χ1n) is 11.9. The summed E-state index contributed by atoms with van der Waals surface area (Å²) in [5.74, 6) is -3.79. The molecule has 2 saturated heterocycles. The molecule has 0 radical (unpaired) electrons. The topological polar surface area (TPSA) is 223 Å². The van der Waals surface area contributed by atoms with Gasteiger partial charge in [-0.1, -0.05) is 26.2 Å². The van der Waals surface area contributed by atoms with E-state index < -0.39 is 61.4 Å². The predicted molar refractivity (Wildman–Crippen MR) is 130 cm³/mol. The van der Waals surface area contributed by atoms with Crippen molar-refractivity contribution >= 4 is 45.8 Å². The van der Waals surface area contributed by atoms with Gasteiger partial charge in [-0.05, 0) is 19.3 Å². The van der Waals surface area contributed by atoms with Crippen molar-refractivity contribution in [2.75, 3.05) is 5.75 Å². The molecule has 3 rings (SSSR count). The molecule has 0 saturated carbocycles. The third kappa shape index (κ3) is 6.63. The van der Waals surface area contributed by atoms with E-state index in [1.54, 1.807) is 0 Å². The molecule has 3 heterocycles. The smallest absolute Gasteiger partial charge is 0.333 e. The van der Waals surface area contributed by atoms with Gasteiger partial charge in [-0.2, -0.15) is 13.9 Å². The maximum absolute atomic E-state index is 13.2. The Morgan fingerprint density at radius 3 is 2.50 bits per heavy atom. The lowest BCUT2D eigenvalue weighted by molar-refractivity contribution is -0.159. The number of thioether (sulfide) groups is 1. The molecule has 1 aromatic heterocycles. The molecule has 3 atom stereocenters. The second kappa shape index (κ2) is 12.1. The molecule has 0 aromatic carbocycles. The summed E-state index contributed by atoms with van der Waals surface area (Å²) in [6.45, 7) is 1.99. The zero-order chi connectivity index (χ0) is 28.1. The molecule has 0 aliphatic carbocycles. The minimum atomic E-state index is -4.87. The lowest BCUT2D eigenvalue weighted by atomic mass is 9.89. The monoisotopic (exact) mass is 578 g/mol. The van der Waals surface area contributed by atoms with Gasteiger partial charge in [-0.3, -0.25) is 9.35 Å². The second-order valence-electron chi connectivity index (χ2n) is 8.90. The van der Waals surface area contributed by atoms with Crippen molar-refractivity contribution in [3.63, 3.8) is 0 Å². The van der Waals surface area contributed by atoms with Gasteiger partial charge in [0, 0.05) is 24.7 Å². The Kier molecular flexibility index (Phi) is 9.37. The van der Waals surface area contributed by atoms with Crippen molar-refractivity contribution in [2.45, 2.75) is 80.0 Å². The number of hydrogen-bond donors (Lipinski definition) is 6. The summed E-state index contributed by atoms with van der Waals surface area (Å²) in [5.41, 5.74) is 2.22. The summed E-state index contributed by atoms with van der Waals surface area (Å²) in [6.07, 6.45) is 2.96. The number of aromatic nitrogens is 1. The molecule has 0 spiro atoms. The van der Waals surface area contributed by atoms with Crippen molar-refractivity contribution in [2.24, 2.45) is 0 Å². The molecule has 1 aromatic rings. The van der Waals surface area contributed by atoms with Gasteiger partial charge in [0.15, 0.2) is 4.90 Å². The molecule has 212 valence electrons. The number of hydroxylamine groups is 1. The number of nitrogens with one attached hydrogen (secondary N) is 3. The van der Waals surface area contributed by atoms with E-state index >= 15 is 0 Å². The van der Waals surface area contributed by atoms with Crippen LogP contribution in [-0.4, -0.2) is 74.4 Å². The number of carbonyl (C=O) groups excluding carboxylic acids is 4. The van der Waals surface area contributed by atoms with Gasteiger partial charge in [-0.25, -0.2) is 14.4 Å². The van der Waals surface area contributed by atoms with Crippen LogP contribution in [0.25, 0.3) is 0 Å². The highest BCUT2D eigenvalue weighted by atomic mass is 32.2. The minimum absolute atomic E-state index is 0.152. The van der Waals surface area contributed by atoms with Crippen molar-refractivity contribution in [3.05, 3.63) is 6.07 Å². The number of nitrogens with zero attached hydrogens (tertiary/aromatic N) is 1. The lowest BCUT2D eigenvalue weighted by Gasteiger charge is -2.31. The standard InChI is InChI=1S/C21H30N4O11S2/c1-2-3-4-7-15(27)35-24-19(30)21(17-12(11-37-21)22-20(31)23-17)9-6-5-8-16(28)36-25-14(26)10-13(18(25)29)38(32,33)34/h10,12,17,26,29H,2-9,11H2,1H3,(H,24,30)(H2,22,23,31)(H,32,33,34)/t12-,17-,21-/m0/s1. The maximum atomic E-state index is 13.2. The van der Waals surface area contributed by atoms with Crippen LogP contribution in [0.2, 0.25) is 0 Å². The summed E-state index contributed by atoms with van der Waals surface area (Å²) in [6, 6.07) is -0.819. The number of unbranched alkanes of at least 4 members (excludes halogenated alkanes) is 3. The van der Waals surface area contributed by atoms with Crippen LogP contribution in [0, 0.1) is 0 Å². The van der Waals surface area contributed by atoms with Crippen molar-refractivity contribution < 1.29 is 52.0 Å². The van der Waals surface area contributed by atoms with E-state index in [-0.39, 0.29) is 36.5 Å². The molecule has 0 unspecified atom stereocenters. The van der Waals surface area contributed by atoms with Crippen LogP contribution in [0.5, 0.6) is 11.8 Å². The Balaban J connectivity index is 1.58. The SMILES string of the molecule is CCCCCC(=O)ONC(=O)[C@@]1(CCCCC(=O)On2c(O)cc(S(=O)(=O)O)c2O)SC[C@@H]2NC(=O)N[C@@H]21. The number of urea groups is 1. The highest BCUT2D eigenvalue weighted by molar-refractivity contribution is 8.01. The largest absolute Gasteiger partial charge is 0.492 e. The fourth-order valence-corrected chi connectivity index (χ4v) is 6.47. The summed E-state index contributed by atoms with van der Waals surface area (Å²) in [7, 11) is -4.87. The summed E-state index contributed by atoms with van der Waals surface area (Å²) in [5, 5.41) is 25.0. The molecular weight excluding hydrogens is 548 g/mol. The number of carbonyl (C=O) groups is 4. The van der Waals surface area contributed by atoms with Gasteiger partial charge < -0.3 is 30.5 Å². The first-order chi connectivity index (χ1) is 17.9. The van der Waals surface area contributed by atoms with E-state index in [4.69, 9.17) is 14.2 Å². The summed E-state index contributed by atoms with van der Waals surface area (Å²) in [4.78, 5) is 57.9. The van der Waals surface area contributed by atoms with Crippen molar-refractivity contribution in [1.29, 1.82) is 0 Å². The Labute approximate surface area is 222 Å². The zero-order valence-electron chi connectivity index (χ0n) is 20.5. The molecule has 2 fully saturated rings. The Morgan fingerprint density at radius 1 is 1.16 bits per heavy atom. The molecule has 2 aliphatic heterocycles. The molecule has 0 bridgehead atoms. The highest BCUT2D eigenvalue weighted by Gasteiger charge is 2.58. The Morgan fingerprint density at radius 2 is 1.84 bits per heavy atom. The number of fused-ring (bicyclic) bond motifs is 1. The Bertz CT molecular complexity index is 1190. The first-order valence-corrected chi connectivity index (χ1v) is 14.3. The van der Waals surface area contributed by atoms with Crippen LogP contribution >= 0.6 is 11.8 Å². The van der Waals surface area contributed by atoms with Crippen LogP contribution in [0.1, 0.15) is 58.3 Å². The van der Waals surface area contributed by atoms with Gasteiger partial charge in [0.25, 0.3) is 21.9 Å². The summed E-state index contributed by atoms with van der Waals surface area (Å²) >= 11 is 1.29. The van der Waals surface area contributed by atoms with Crippen LogP contribution in [0.4, 0.5) is 4.79 Å². The number of aromatic hydroxyl groups is 2. The third-order valence-corrected chi connectivity index (χ3v) is 8.73. The normalized spacial score (nSPS) is 22.3. The third-order valence-electron chi connectivity index (χ3n) is 6.19. The average molecular weight is 579 g/mol. The first kappa shape index (κ1) is 29.4.